The van der Waals surface area contributed by atoms with Gasteiger partial charge in [-0.15, -0.1) is 0 Å². The van der Waals surface area contributed by atoms with Crippen LogP contribution in [0.25, 0.3) is 23.0 Å². The first-order valence-electron chi connectivity index (χ1n) is 10.9. The third-order valence-electron chi connectivity index (χ3n) is 5.15. The molecule has 0 aliphatic rings. The topological polar surface area (TPSA) is 85.0 Å². The van der Waals surface area contributed by atoms with E-state index in [1.807, 2.05) is 67.6 Å². The highest BCUT2D eigenvalue weighted by molar-refractivity contribution is 7.95. The first-order chi connectivity index (χ1) is 16.9. The number of allylic oxidation sites excluding steroid dienone is 1. The molecule has 0 aliphatic carbocycles. The van der Waals surface area contributed by atoms with Crippen molar-refractivity contribution in [3.8, 4) is 28.8 Å². The molecular formula is C27H22ClN3O3S. The Labute approximate surface area is 209 Å². The van der Waals surface area contributed by atoms with Crippen LogP contribution in [0.2, 0.25) is 5.02 Å². The zero-order valence-corrected chi connectivity index (χ0v) is 20.5. The predicted molar refractivity (Wildman–Crippen MR) is 137 cm³/mol. The van der Waals surface area contributed by atoms with E-state index in [0.717, 1.165) is 17.7 Å². The SMILES string of the molecule is CCCOc1cccc(-c2nn(-c3ccccc3)cc2C=C(C#N)S(=O)(=O)c2ccc(Cl)cc2)c1. The monoisotopic (exact) mass is 503 g/mol. The summed E-state index contributed by atoms with van der Waals surface area (Å²) in [6.45, 7) is 2.60. The molecule has 1 heterocycles. The average molecular weight is 504 g/mol. The summed E-state index contributed by atoms with van der Waals surface area (Å²) >= 11 is 5.90. The minimum absolute atomic E-state index is 0.0123. The zero-order valence-electron chi connectivity index (χ0n) is 18.9. The molecule has 0 aliphatic heterocycles. The van der Waals surface area contributed by atoms with E-state index < -0.39 is 14.7 Å². The number of benzene rings is 3. The number of ether oxygens (including phenoxy) is 1. The molecule has 1 aromatic heterocycles. The number of halogens is 1. The summed E-state index contributed by atoms with van der Waals surface area (Å²) in [7, 11) is -4.06. The lowest BCUT2D eigenvalue weighted by Crippen LogP contribution is -2.03. The van der Waals surface area contributed by atoms with Gasteiger partial charge in [0.1, 0.15) is 22.4 Å². The van der Waals surface area contributed by atoms with Crippen LogP contribution in [0.4, 0.5) is 0 Å². The standard InChI is InChI=1S/C27H22ClN3O3S/c1-2-15-34-24-10-6-7-20(16-24)27-21(19-31(30-27)23-8-4-3-5-9-23)17-26(18-29)35(32,33)25-13-11-22(28)12-14-25/h3-14,16-17,19H,2,15H2,1H3. The van der Waals surface area contributed by atoms with Crippen molar-refractivity contribution in [2.45, 2.75) is 18.2 Å². The summed E-state index contributed by atoms with van der Waals surface area (Å²) < 4.78 is 33.8. The summed E-state index contributed by atoms with van der Waals surface area (Å²) in [5.74, 6) is 0.683. The van der Waals surface area contributed by atoms with Crippen LogP contribution in [-0.4, -0.2) is 24.8 Å². The zero-order chi connectivity index (χ0) is 24.8. The van der Waals surface area contributed by atoms with Crippen molar-refractivity contribution in [2.75, 3.05) is 6.61 Å². The van der Waals surface area contributed by atoms with Crippen LogP contribution in [0.5, 0.6) is 5.75 Å². The number of nitrogens with zero attached hydrogens (tertiary/aromatic N) is 3. The predicted octanol–water partition coefficient (Wildman–Crippen LogP) is 6.32. The molecule has 0 N–H and O–H groups in total. The van der Waals surface area contributed by atoms with Gasteiger partial charge in [-0.25, -0.2) is 13.1 Å². The molecule has 8 heteroatoms. The number of hydrogen-bond donors (Lipinski definition) is 0. The Morgan fingerprint density at radius 2 is 1.83 bits per heavy atom. The highest BCUT2D eigenvalue weighted by atomic mass is 35.5. The minimum Gasteiger partial charge on any atom is -0.494 e. The number of para-hydroxylation sites is 1. The lowest BCUT2D eigenvalue weighted by molar-refractivity contribution is 0.317. The summed E-state index contributed by atoms with van der Waals surface area (Å²) in [5, 5.41) is 14.9. The third-order valence-corrected chi connectivity index (χ3v) is 7.09. The van der Waals surface area contributed by atoms with Crippen molar-refractivity contribution >= 4 is 27.5 Å². The minimum atomic E-state index is -4.06. The van der Waals surface area contributed by atoms with Crippen LogP contribution >= 0.6 is 11.6 Å². The Bertz CT molecular complexity index is 1500. The Hall–Kier alpha value is -3.86. The van der Waals surface area contributed by atoms with Gasteiger partial charge >= 0.3 is 0 Å². The summed E-state index contributed by atoms with van der Waals surface area (Å²) in [6.07, 6.45) is 3.93. The molecule has 0 saturated heterocycles. The van der Waals surface area contributed by atoms with Crippen molar-refractivity contribution in [1.29, 1.82) is 5.26 Å². The molecule has 4 aromatic rings. The summed E-state index contributed by atoms with van der Waals surface area (Å²) in [5.41, 5.74) is 2.54. The molecule has 176 valence electrons. The van der Waals surface area contributed by atoms with Crippen LogP contribution in [0, 0.1) is 11.3 Å². The summed E-state index contributed by atoms with van der Waals surface area (Å²) in [6, 6.07) is 24.4. The average Bonchev–Trinajstić information content (AvgIpc) is 3.31. The van der Waals surface area contributed by atoms with Crippen molar-refractivity contribution in [2.24, 2.45) is 0 Å². The number of sulfone groups is 1. The molecule has 0 radical (unpaired) electrons. The van der Waals surface area contributed by atoms with Gasteiger partial charge in [-0.05, 0) is 61.0 Å². The van der Waals surface area contributed by atoms with Gasteiger partial charge < -0.3 is 4.74 Å². The fourth-order valence-corrected chi connectivity index (χ4v) is 4.71. The lowest BCUT2D eigenvalue weighted by atomic mass is 10.1. The van der Waals surface area contributed by atoms with Crippen LogP contribution in [0.3, 0.4) is 0 Å². The quantitative estimate of drug-likeness (QED) is 0.263. The fraction of sp³-hybridized carbons (Fsp3) is 0.111. The molecule has 0 spiro atoms. The molecular weight excluding hydrogens is 482 g/mol. The molecule has 0 saturated carbocycles. The highest BCUT2D eigenvalue weighted by Crippen LogP contribution is 2.30. The van der Waals surface area contributed by atoms with Gasteiger partial charge in [-0.1, -0.05) is 48.9 Å². The van der Waals surface area contributed by atoms with Gasteiger partial charge in [0, 0.05) is 22.3 Å². The number of rotatable bonds is 8. The van der Waals surface area contributed by atoms with Crippen molar-refractivity contribution in [3.05, 3.63) is 101 Å². The van der Waals surface area contributed by atoms with Gasteiger partial charge in [-0.3, -0.25) is 0 Å². The molecule has 3 aromatic carbocycles. The van der Waals surface area contributed by atoms with E-state index in [0.29, 0.717) is 28.6 Å². The molecule has 0 unspecified atom stereocenters. The molecule has 4 rings (SSSR count). The molecule has 0 fully saturated rings. The van der Waals surface area contributed by atoms with Crippen LogP contribution in [0.15, 0.2) is 94.9 Å². The Morgan fingerprint density at radius 1 is 1.09 bits per heavy atom. The maximum atomic E-state index is 13.2. The highest BCUT2D eigenvalue weighted by Gasteiger charge is 2.22. The Morgan fingerprint density at radius 3 is 2.51 bits per heavy atom. The van der Waals surface area contributed by atoms with E-state index in [9.17, 15) is 13.7 Å². The Balaban J connectivity index is 1.85. The number of aromatic nitrogens is 2. The van der Waals surface area contributed by atoms with Gasteiger partial charge in [0.25, 0.3) is 0 Å². The third kappa shape index (κ3) is 5.46. The second-order valence-electron chi connectivity index (χ2n) is 7.67. The maximum Gasteiger partial charge on any atom is 0.216 e. The van der Waals surface area contributed by atoms with Crippen LogP contribution < -0.4 is 4.74 Å². The van der Waals surface area contributed by atoms with Gasteiger partial charge in [0.2, 0.25) is 9.84 Å². The molecule has 0 amide bonds. The van der Waals surface area contributed by atoms with Gasteiger partial charge in [-0.2, -0.15) is 10.4 Å². The van der Waals surface area contributed by atoms with Crippen LogP contribution in [0.1, 0.15) is 18.9 Å². The molecule has 6 nitrogen and oxygen atoms in total. The smallest absolute Gasteiger partial charge is 0.216 e. The lowest BCUT2D eigenvalue weighted by Gasteiger charge is -2.07. The molecule has 35 heavy (non-hydrogen) atoms. The van der Waals surface area contributed by atoms with E-state index in [-0.39, 0.29) is 4.90 Å². The number of hydrogen-bond acceptors (Lipinski definition) is 5. The normalized spacial score (nSPS) is 11.7. The van der Waals surface area contributed by atoms with E-state index in [1.165, 1.54) is 30.3 Å². The van der Waals surface area contributed by atoms with Gasteiger partial charge in [0.05, 0.1) is 17.2 Å². The van der Waals surface area contributed by atoms with Crippen LogP contribution in [-0.2, 0) is 9.84 Å². The van der Waals surface area contributed by atoms with E-state index >= 15 is 0 Å². The fourth-order valence-electron chi connectivity index (χ4n) is 3.44. The Kier molecular flexibility index (Phi) is 7.35. The largest absolute Gasteiger partial charge is 0.494 e. The maximum absolute atomic E-state index is 13.2. The van der Waals surface area contributed by atoms with Crippen molar-refractivity contribution in [3.63, 3.8) is 0 Å². The van der Waals surface area contributed by atoms with E-state index in [2.05, 4.69) is 0 Å². The van der Waals surface area contributed by atoms with Gasteiger partial charge in [0.15, 0.2) is 0 Å². The molecule has 0 bridgehead atoms. The van der Waals surface area contributed by atoms with E-state index in [1.54, 1.807) is 10.9 Å². The van der Waals surface area contributed by atoms with Crippen molar-refractivity contribution in [1.82, 2.24) is 9.78 Å². The number of nitriles is 1. The summed E-state index contributed by atoms with van der Waals surface area (Å²) in [4.78, 5) is -0.409. The molecule has 0 atom stereocenters. The first kappa shape index (κ1) is 24.3. The van der Waals surface area contributed by atoms with E-state index in [4.69, 9.17) is 21.4 Å². The second-order valence-corrected chi connectivity index (χ2v) is 10.0. The second kappa shape index (κ2) is 10.6. The van der Waals surface area contributed by atoms with Crippen molar-refractivity contribution < 1.29 is 13.2 Å². The first-order valence-corrected chi connectivity index (χ1v) is 12.8.